The summed E-state index contributed by atoms with van der Waals surface area (Å²) in [6.07, 6.45) is 3.02. The molecule has 4 rings (SSSR count). The van der Waals surface area contributed by atoms with Crippen molar-refractivity contribution in [3.05, 3.63) is 46.5 Å². The van der Waals surface area contributed by atoms with Crippen molar-refractivity contribution in [2.45, 2.75) is 71.3 Å². The molecule has 0 saturated heterocycles. The van der Waals surface area contributed by atoms with Gasteiger partial charge in [0.2, 0.25) is 5.92 Å². The zero-order chi connectivity index (χ0) is 22.6. The third-order valence-corrected chi connectivity index (χ3v) is 6.40. The highest BCUT2D eigenvalue weighted by molar-refractivity contribution is 6.00. The number of nitrogens with zero attached hydrogens (tertiary/aromatic N) is 2. The van der Waals surface area contributed by atoms with Crippen molar-refractivity contribution in [2.75, 3.05) is 5.32 Å². The van der Waals surface area contributed by atoms with Crippen molar-refractivity contribution < 1.29 is 18.0 Å². The fraction of sp³-hybridized carbons (Fsp3) is 0.500. The second-order valence-electron chi connectivity index (χ2n) is 9.68. The highest BCUT2D eigenvalue weighted by atomic mass is 19.3. The van der Waals surface area contributed by atoms with Crippen LogP contribution < -0.4 is 5.32 Å². The van der Waals surface area contributed by atoms with Crippen LogP contribution in [-0.4, -0.2) is 22.3 Å². The number of nitriles is 1. The number of benzene rings is 1. The van der Waals surface area contributed by atoms with Crippen LogP contribution in [0.15, 0.2) is 18.3 Å². The number of halogens is 3. The van der Waals surface area contributed by atoms with E-state index in [0.29, 0.717) is 29.8 Å². The van der Waals surface area contributed by atoms with Gasteiger partial charge in [-0.25, -0.2) is 13.2 Å². The van der Waals surface area contributed by atoms with E-state index in [2.05, 4.69) is 5.32 Å². The Morgan fingerprint density at radius 3 is 2.52 bits per heavy atom. The van der Waals surface area contributed by atoms with Gasteiger partial charge >= 0.3 is 0 Å². The lowest BCUT2D eigenvalue weighted by atomic mass is 9.75. The predicted octanol–water partition coefficient (Wildman–Crippen LogP) is 5.94. The molecule has 2 aliphatic carbocycles. The van der Waals surface area contributed by atoms with Crippen LogP contribution >= 0.6 is 0 Å². The summed E-state index contributed by atoms with van der Waals surface area (Å²) in [4.78, 5) is 12.7. The standard InChI is InChI=1S/C24H26F3N3O/c1-14-13-30(20-10-23(2,3)11-21(31)22(14)20)16-8-18(25)17(12-28)19(9-16)29-15-4-6-24(26,27)7-5-15/h8-9,13,15,29H,4-7,10-11H2,1-3H3. The van der Waals surface area contributed by atoms with Crippen molar-refractivity contribution in [1.82, 2.24) is 4.57 Å². The fourth-order valence-electron chi connectivity index (χ4n) is 4.87. The van der Waals surface area contributed by atoms with E-state index in [-0.39, 0.29) is 48.5 Å². The van der Waals surface area contributed by atoms with E-state index < -0.39 is 11.7 Å². The lowest BCUT2D eigenvalue weighted by Crippen LogP contribution is -2.32. The molecule has 1 saturated carbocycles. The molecule has 0 bridgehead atoms. The highest BCUT2D eigenvalue weighted by Crippen LogP contribution is 2.39. The molecule has 0 unspecified atom stereocenters. The summed E-state index contributed by atoms with van der Waals surface area (Å²) in [6, 6.07) is 4.62. The Labute approximate surface area is 180 Å². The number of hydrogen-bond acceptors (Lipinski definition) is 3. The van der Waals surface area contributed by atoms with Crippen LogP contribution in [0.3, 0.4) is 0 Å². The molecular formula is C24H26F3N3O. The Kier molecular flexibility index (Phi) is 5.15. The summed E-state index contributed by atoms with van der Waals surface area (Å²) in [5.74, 6) is -3.26. The molecule has 1 N–H and O–H groups in total. The monoisotopic (exact) mass is 429 g/mol. The summed E-state index contributed by atoms with van der Waals surface area (Å²) in [5, 5.41) is 12.6. The number of aromatic nitrogens is 1. The lowest BCUT2D eigenvalue weighted by molar-refractivity contribution is -0.0361. The zero-order valence-electron chi connectivity index (χ0n) is 18.0. The molecule has 0 amide bonds. The van der Waals surface area contributed by atoms with Crippen molar-refractivity contribution in [3.63, 3.8) is 0 Å². The molecule has 2 aromatic rings. The number of aryl methyl sites for hydroxylation is 1. The third-order valence-electron chi connectivity index (χ3n) is 6.40. The van der Waals surface area contributed by atoms with Gasteiger partial charge in [0.1, 0.15) is 17.4 Å². The molecule has 7 heteroatoms. The van der Waals surface area contributed by atoms with Gasteiger partial charge in [-0.2, -0.15) is 5.26 Å². The molecule has 1 aromatic heterocycles. The van der Waals surface area contributed by atoms with Crippen LogP contribution in [-0.2, 0) is 6.42 Å². The van der Waals surface area contributed by atoms with Gasteiger partial charge in [-0.1, -0.05) is 13.8 Å². The summed E-state index contributed by atoms with van der Waals surface area (Å²) in [6.45, 7) is 5.93. The Morgan fingerprint density at radius 2 is 1.87 bits per heavy atom. The molecule has 0 aliphatic heterocycles. The first-order valence-electron chi connectivity index (χ1n) is 10.6. The van der Waals surface area contributed by atoms with Gasteiger partial charge in [0.25, 0.3) is 0 Å². The minimum absolute atomic E-state index is 0.0816. The number of hydrogen-bond donors (Lipinski definition) is 1. The Bertz CT molecular complexity index is 1080. The number of fused-ring (bicyclic) bond motifs is 1. The van der Waals surface area contributed by atoms with Gasteiger partial charge in [-0.15, -0.1) is 0 Å². The highest BCUT2D eigenvalue weighted by Gasteiger charge is 2.36. The molecular weight excluding hydrogens is 403 g/mol. The maximum absolute atomic E-state index is 14.9. The second kappa shape index (κ2) is 7.44. The Balaban J connectivity index is 1.74. The molecule has 1 fully saturated rings. The summed E-state index contributed by atoms with van der Waals surface area (Å²) < 4.78 is 43.7. The maximum Gasteiger partial charge on any atom is 0.248 e. The number of nitrogens with one attached hydrogen (secondary N) is 1. The minimum atomic E-state index is -2.66. The Morgan fingerprint density at radius 1 is 1.19 bits per heavy atom. The summed E-state index contributed by atoms with van der Waals surface area (Å²) in [7, 11) is 0. The van der Waals surface area contributed by atoms with Crippen LogP contribution in [0, 0.1) is 29.5 Å². The first-order valence-corrected chi connectivity index (χ1v) is 10.6. The topological polar surface area (TPSA) is 57.8 Å². The molecule has 1 aromatic carbocycles. The van der Waals surface area contributed by atoms with E-state index in [4.69, 9.17) is 0 Å². The van der Waals surface area contributed by atoms with Crippen molar-refractivity contribution in [2.24, 2.45) is 5.41 Å². The number of rotatable bonds is 3. The zero-order valence-corrected chi connectivity index (χ0v) is 18.0. The molecule has 2 aliphatic rings. The van der Waals surface area contributed by atoms with Crippen molar-refractivity contribution in [1.29, 1.82) is 5.26 Å². The number of carbonyl (C=O) groups excluding carboxylic acids is 1. The van der Waals surface area contributed by atoms with Crippen molar-refractivity contribution >= 4 is 11.5 Å². The molecule has 31 heavy (non-hydrogen) atoms. The molecule has 164 valence electrons. The SMILES string of the molecule is Cc1cn(-c2cc(F)c(C#N)c(NC3CCC(F)(F)CC3)c2)c2c1C(=O)CC(C)(C)C2. The van der Waals surface area contributed by atoms with Crippen molar-refractivity contribution in [3.8, 4) is 11.8 Å². The van der Waals surface area contributed by atoms with E-state index in [9.17, 15) is 23.2 Å². The van der Waals surface area contributed by atoms with Crippen LogP contribution in [0.1, 0.15) is 73.1 Å². The van der Waals surface area contributed by atoms with E-state index in [0.717, 1.165) is 11.3 Å². The van der Waals surface area contributed by atoms with Gasteiger partial charge in [0.15, 0.2) is 5.78 Å². The number of ketones is 1. The second-order valence-corrected chi connectivity index (χ2v) is 9.68. The largest absolute Gasteiger partial charge is 0.381 e. The fourth-order valence-corrected chi connectivity index (χ4v) is 4.87. The third kappa shape index (κ3) is 4.08. The normalized spacial score (nSPS) is 20.2. The quantitative estimate of drug-likeness (QED) is 0.657. The number of alkyl halides is 2. The average Bonchev–Trinajstić information content (AvgIpc) is 2.98. The van der Waals surface area contributed by atoms with Gasteiger partial charge in [-0.3, -0.25) is 4.79 Å². The lowest BCUT2D eigenvalue weighted by Gasteiger charge is -2.31. The van der Waals surface area contributed by atoms with Crippen LogP contribution in [0.4, 0.5) is 18.9 Å². The van der Waals surface area contributed by atoms with E-state index in [1.807, 2.05) is 37.6 Å². The van der Waals surface area contributed by atoms with Gasteiger partial charge < -0.3 is 9.88 Å². The molecule has 0 radical (unpaired) electrons. The molecule has 0 spiro atoms. The van der Waals surface area contributed by atoms with Crippen LogP contribution in [0.2, 0.25) is 0 Å². The number of Topliss-reactive ketones (excluding diaryl/α,β-unsaturated/α-hetero) is 1. The first kappa shape index (κ1) is 21.5. The maximum atomic E-state index is 14.9. The minimum Gasteiger partial charge on any atom is -0.381 e. The predicted molar refractivity (Wildman–Crippen MR) is 112 cm³/mol. The van der Waals surface area contributed by atoms with Crippen LogP contribution in [0.5, 0.6) is 0 Å². The van der Waals surface area contributed by atoms with Gasteiger partial charge in [0.05, 0.1) is 11.4 Å². The van der Waals surface area contributed by atoms with Gasteiger partial charge in [-0.05, 0) is 49.3 Å². The number of anilines is 1. The summed E-state index contributed by atoms with van der Waals surface area (Å²) >= 11 is 0. The summed E-state index contributed by atoms with van der Waals surface area (Å²) in [5.41, 5.74) is 2.84. The van der Waals surface area contributed by atoms with Crippen LogP contribution in [0.25, 0.3) is 5.69 Å². The molecule has 0 atom stereocenters. The molecule has 1 heterocycles. The van der Waals surface area contributed by atoms with E-state index >= 15 is 0 Å². The first-order chi connectivity index (χ1) is 14.5. The Hall–Kier alpha value is -2.75. The smallest absolute Gasteiger partial charge is 0.248 e. The molecule has 4 nitrogen and oxygen atoms in total. The van der Waals surface area contributed by atoms with E-state index in [1.165, 1.54) is 6.07 Å². The van der Waals surface area contributed by atoms with Gasteiger partial charge in [0, 0.05) is 42.8 Å². The number of carbonyl (C=O) groups is 1. The average molecular weight is 429 g/mol. The van der Waals surface area contributed by atoms with E-state index in [1.54, 1.807) is 6.07 Å².